The van der Waals surface area contributed by atoms with Gasteiger partial charge in [-0.3, -0.25) is 0 Å². The number of hydrogen-bond donors (Lipinski definition) is 0. The lowest BCUT2D eigenvalue weighted by Gasteiger charge is -2.03. The fraction of sp³-hybridized carbons (Fsp3) is 0.118. The third-order valence-electron chi connectivity index (χ3n) is 3.15. The van der Waals surface area contributed by atoms with Crippen molar-refractivity contribution in [2.75, 3.05) is 0 Å². The van der Waals surface area contributed by atoms with Crippen molar-refractivity contribution < 1.29 is 0 Å². The minimum absolute atomic E-state index is 0.917. The molecule has 1 nitrogen and oxygen atoms in total. The summed E-state index contributed by atoms with van der Waals surface area (Å²) in [5.74, 6) is 0.917. The highest BCUT2D eigenvalue weighted by atomic mass is 79.9. The summed E-state index contributed by atoms with van der Waals surface area (Å²) in [7, 11) is 0. The summed E-state index contributed by atoms with van der Waals surface area (Å²) in [5, 5.41) is 3.29. The maximum absolute atomic E-state index is 4.75. The molecule has 1 aromatic heterocycles. The second-order valence-corrected chi connectivity index (χ2v) is 7.47. The van der Waals surface area contributed by atoms with E-state index in [2.05, 4.69) is 64.6 Å². The van der Waals surface area contributed by atoms with Crippen LogP contribution in [0.15, 0.2) is 63.3 Å². The summed E-state index contributed by atoms with van der Waals surface area (Å²) in [5.41, 5.74) is 3.53. The van der Waals surface area contributed by atoms with Gasteiger partial charge >= 0.3 is 0 Å². The third kappa shape index (κ3) is 3.57. The van der Waals surface area contributed by atoms with Crippen LogP contribution in [-0.4, -0.2) is 4.98 Å². The van der Waals surface area contributed by atoms with E-state index in [1.165, 1.54) is 10.5 Å². The van der Waals surface area contributed by atoms with Crippen molar-refractivity contribution in [1.82, 2.24) is 4.98 Å². The van der Waals surface area contributed by atoms with E-state index in [1.807, 2.05) is 23.9 Å². The zero-order valence-corrected chi connectivity index (χ0v) is 14.8. The van der Waals surface area contributed by atoms with Gasteiger partial charge in [-0.1, -0.05) is 52.3 Å². The van der Waals surface area contributed by atoms with E-state index in [1.54, 1.807) is 11.3 Å². The molecule has 3 rings (SSSR count). The molecule has 0 aliphatic rings. The standard InChI is InChI=1S/C17H14BrNS2/c1-12-6-2-5-9-16(12)20-11-17-19-15(10-21-17)13-7-3-4-8-14(13)18/h2-10H,11H2,1H3. The molecule has 0 bridgehead atoms. The van der Waals surface area contributed by atoms with Crippen LogP contribution in [-0.2, 0) is 5.75 Å². The van der Waals surface area contributed by atoms with Crippen molar-refractivity contribution in [3.05, 3.63) is 69.0 Å². The number of rotatable bonds is 4. The van der Waals surface area contributed by atoms with Crippen LogP contribution in [0.1, 0.15) is 10.6 Å². The van der Waals surface area contributed by atoms with Crippen molar-refractivity contribution in [3.8, 4) is 11.3 Å². The van der Waals surface area contributed by atoms with Gasteiger partial charge in [0.05, 0.1) is 11.4 Å². The van der Waals surface area contributed by atoms with E-state index in [4.69, 9.17) is 4.98 Å². The van der Waals surface area contributed by atoms with Crippen LogP contribution >= 0.6 is 39.0 Å². The lowest BCUT2D eigenvalue weighted by molar-refractivity contribution is 1.25. The first-order chi connectivity index (χ1) is 10.2. The monoisotopic (exact) mass is 375 g/mol. The predicted octanol–water partition coefficient (Wildman–Crippen LogP) is 6.17. The summed E-state index contributed by atoms with van der Waals surface area (Å²) in [6.45, 7) is 2.15. The fourth-order valence-electron chi connectivity index (χ4n) is 2.03. The molecule has 0 N–H and O–H groups in total. The maximum atomic E-state index is 4.75. The summed E-state index contributed by atoms with van der Waals surface area (Å²) < 4.78 is 1.09. The van der Waals surface area contributed by atoms with E-state index >= 15 is 0 Å². The number of thioether (sulfide) groups is 1. The van der Waals surface area contributed by atoms with Crippen LogP contribution in [0.4, 0.5) is 0 Å². The van der Waals surface area contributed by atoms with Crippen LogP contribution in [0.3, 0.4) is 0 Å². The zero-order valence-electron chi connectivity index (χ0n) is 11.5. The van der Waals surface area contributed by atoms with Gasteiger partial charge in [0, 0.05) is 20.3 Å². The fourth-order valence-corrected chi connectivity index (χ4v) is 4.36. The Bertz CT molecular complexity index is 752. The SMILES string of the molecule is Cc1ccccc1SCc1nc(-c2ccccc2Br)cs1. The van der Waals surface area contributed by atoms with Crippen LogP contribution < -0.4 is 0 Å². The van der Waals surface area contributed by atoms with Crippen molar-refractivity contribution in [3.63, 3.8) is 0 Å². The number of halogens is 1. The molecule has 0 spiro atoms. The topological polar surface area (TPSA) is 12.9 Å². The molecule has 2 aromatic carbocycles. The van der Waals surface area contributed by atoms with E-state index < -0.39 is 0 Å². The van der Waals surface area contributed by atoms with Gasteiger partial charge < -0.3 is 0 Å². The summed E-state index contributed by atoms with van der Waals surface area (Å²) in [4.78, 5) is 6.08. The Morgan fingerprint density at radius 1 is 1.10 bits per heavy atom. The molecule has 4 heteroatoms. The maximum Gasteiger partial charge on any atom is 0.104 e. The molecular weight excluding hydrogens is 362 g/mol. The number of nitrogens with zero attached hydrogens (tertiary/aromatic N) is 1. The largest absolute Gasteiger partial charge is 0.240 e. The van der Waals surface area contributed by atoms with E-state index in [0.717, 1.165) is 26.5 Å². The summed E-state index contributed by atoms with van der Waals surface area (Å²) >= 11 is 7.16. The highest BCUT2D eigenvalue weighted by molar-refractivity contribution is 9.10. The second kappa shape index (κ2) is 6.77. The van der Waals surface area contributed by atoms with Gasteiger partial charge in [-0.05, 0) is 24.6 Å². The average Bonchev–Trinajstić information content (AvgIpc) is 2.96. The quantitative estimate of drug-likeness (QED) is 0.505. The minimum Gasteiger partial charge on any atom is -0.240 e. The Hall–Kier alpha value is -1.10. The molecule has 106 valence electrons. The molecule has 0 aliphatic heterocycles. The number of thiazole rings is 1. The molecule has 21 heavy (non-hydrogen) atoms. The molecule has 0 unspecified atom stereocenters. The first-order valence-electron chi connectivity index (χ1n) is 6.62. The van der Waals surface area contributed by atoms with Crippen LogP contribution in [0.25, 0.3) is 11.3 Å². The van der Waals surface area contributed by atoms with Gasteiger partial charge in [-0.15, -0.1) is 23.1 Å². The second-order valence-electron chi connectivity index (χ2n) is 4.66. The van der Waals surface area contributed by atoms with Crippen LogP contribution in [0.5, 0.6) is 0 Å². The number of benzene rings is 2. The molecule has 1 heterocycles. The van der Waals surface area contributed by atoms with Crippen LogP contribution in [0.2, 0.25) is 0 Å². The summed E-state index contributed by atoms with van der Waals surface area (Å²) in [6, 6.07) is 16.7. The smallest absolute Gasteiger partial charge is 0.104 e. The molecular formula is C17H14BrNS2. The highest BCUT2D eigenvalue weighted by Gasteiger charge is 2.08. The molecule has 3 aromatic rings. The Labute approximate surface area is 141 Å². The Morgan fingerprint density at radius 3 is 2.67 bits per heavy atom. The highest BCUT2D eigenvalue weighted by Crippen LogP contribution is 2.32. The lowest BCUT2D eigenvalue weighted by atomic mass is 10.2. The Kier molecular flexibility index (Phi) is 4.78. The van der Waals surface area contributed by atoms with Crippen molar-refractivity contribution in [2.45, 2.75) is 17.6 Å². The van der Waals surface area contributed by atoms with Gasteiger partial charge in [0.2, 0.25) is 0 Å². The lowest BCUT2D eigenvalue weighted by Crippen LogP contribution is -1.84. The first-order valence-corrected chi connectivity index (χ1v) is 9.27. The third-order valence-corrected chi connectivity index (χ3v) is 6.06. The van der Waals surface area contributed by atoms with Gasteiger partial charge in [0.1, 0.15) is 5.01 Å². The Balaban J connectivity index is 1.74. The molecule has 0 atom stereocenters. The molecule has 0 amide bonds. The summed E-state index contributed by atoms with van der Waals surface area (Å²) in [6.07, 6.45) is 0. The molecule has 0 saturated heterocycles. The number of aromatic nitrogens is 1. The predicted molar refractivity (Wildman–Crippen MR) is 96.0 cm³/mol. The number of aryl methyl sites for hydroxylation is 1. The van der Waals surface area contributed by atoms with Crippen molar-refractivity contribution >= 4 is 39.0 Å². The molecule has 0 saturated carbocycles. The van der Waals surface area contributed by atoms with Gasteiger partial charge in [0.25, 0.3) is 0 Å². The van der Waals surface area contributed by atoms with Crippen molar-refractivity contribution in [2.24, 2.45) is 0 Å². The average molecular weight is 376 g/mol. The van der Waals surface area contributed by atoms with E-state index in [-0.39, 0.29) is 0 Å². The molecule has 0 radical (unpaired) electrons. The molecule has 0 fully saturated rings. The van der Waals surface area contributed by atoms with Crippen LogP contribution in [0, 0.1) is 6.92 Å². The van der Waals surface area contributed by atoms with Crippen molar-refractivity contribution in [1.29, 1.82) is 0 Å². The van der Waals surface area contributed by atoms with E-state index in [9.17, 15) is 0 Å². The van der Waals surface area contributed by atoms with E-state index in [0.29, 0.717) is 0 Å². The van der Waals surface area contributed by atoms with Gasteiger partial charge in [-0.2, -0.15) is 0 Å². The minimum atomic E-state index is 0.917. The number of hydrogen-bond acceptors (Lipinski definition) is 3. The Morgan fingerprint density at radius 2 is 1.86 bits per heavy atom. The zero-order chi connectivity index (χ0) is 14.7. The normalized spacial score (nSPS) is 10.8. The van der Waals surface area contributed by atoms with Gasteiger partial charge in [-0.25, -0.2) is 4.98 Å². The first kappa shape index (κ1) is 14.8. The molecule has 0 aliphatic carbocycles. The van der Waals surface area contributed by atoms with Gasteiger partial charge in [0.15, 0.2) is 0 Å².